The minimum atomic E-state index is -0.972. The van der Waals surface area contributed by atoms with Gasteiger partial charge in [-0.2, -0.15) is 0 Å². The molecule has 4 nitrogen and oxygen atoms in total. The van der Waals surface area contributed by atoms with E-state index in [2.05, 4.69) is 0 Å². The van der Waals surface area contributed by atoms with Crippen LogP contribution in [0.4, 0.5) is 0 Å². The Hall–Kier alpha value is -1.32. The molecular formula is C12H20O4. The van der Waals surface area contributed by atoms with Gasteiger partial charge in [0.05, 0.1) is 12.5 Å². The SMILES string of the molecule is CC(C)OC(=O)CC(C)(C)CC=CC(=O)O. The van der Waals surface area contributed by atoms with Crippen molar-refractivity contribution in [3.63, 3.8) is 0 Å². The van der Waals surface area contributed by atoms with E-state index in [4.69, 9.17) is 9.84 Å². The van der Waals surface area contributed by atoms with Crippen LogP contribution >= 0.6 is 0 Å². The standard InChI is InChI=1S/C12H20O4/c1-9(2)16-11(15)8-12(3,4)7-5-6-10(13)14/h5-6,9H,7-8H2,1-4H3,(H,13,14). The summed E-state index contributed by atoms with van der Waals surface area (Å²) in [6, 6.07) is 0. The fraction of sp³-hybridized carbons (Fsp3) is 0.667. The molecule has 0 aromatic heterocycles. The van der Waals surface area contributed by atoms with E-state index >= 15 is 0 Å². The van der Waals surface area contributed by atoms with Gasteiger partial charge in [0.2, 0.25) is 0 Å². The number of carbonyl (C=O) groups excluding carboxylic acids is 1. The maximum Gasteiger partial charge on any atom is 0.327 e. The Morgan fingerprint density at radius 3 is 2.38 bits per heavy atom. The molecule has 0 fully saturated rings. The number of hydrogen-bond acceptors (Lipinski definition) is 3. The van der Waals surface area contributed by atoms with Gasteiger partial charge in [-0.3, -0.25) is 4.79 Å². The third-order valence-corrected chi connectivity index (χ3v) is 1.92. The first-order valence-electron chi connectivity index (χ1n) is 5.32. The fourth-order valence-corrected chi connectivity index (χ4v) is 1.25. The zero-order valence-corrected chi connectivity index (χ0v) is 10.3. The summed E-state index contributed by atoms with van der Waals surface area (Å²) < 4.78 is 5.03. The molecule has 92 valence electrons. The molecule has 0 aromatic rings. The maximum atomic E-state index is 11.4. The van der Waals surface area contributed by atoms with Crippen LogP contribution in [-0.2, 0) is 14.3 Å². The van der Waals surface area contributed by atoms with Gasteiger partial charge in [0.1, 0.15) is 0 Å². The van der Waals surface area contributed by atoms with Crippen molar-refractivity contribution in [1.82, 2.24) is 0 Å². The summed E-state index contributed by atoms with van der Waals surface area (Å²) in [5, 5.41) is 8.43. The molecule has 0 rings (SSSR count). The molecule has 0 aliphatic rings. The van der Waals surface area contributed by atoms with Gasteiger partial charge in [-0.25, -0.2) is 4.79 Å². The molecule has 0 atom stereocenters. The van der Waals surface area contributed by atoms with E-state index in [1.165, 1.54) is 0 Å². The number of carboxylic acids is 1. The van der Waals surface area contributed by atoms with Crippen LogP contribution in [0.25, 0.3) is 0 Å². The lowest BCUT2D eigenvalue weighted by atomic mass is 9.85. The Morgan fingerprint density at radius 1 is 1.38 bits per heavy atom. The molecule has 16 heavy (non-hydrogen) atoms. The number of aliphatic carboxylic acids is 1. The average molecular weight is 228 g/mol. The Labute approximate surface area is 96.3 Å². The van der Waals surface area contributed by atoms with E-state index < -0.39 is 5.97 Å². The molecule has 0 aliphatic heterocycles. The highest BCUT2D eigenvalue weighted by molar-refractivity contribution is 5.79. The number of allylic oxidation sites excluding steroid dienone is 1. The molecule has 0 aliphatic carbocycles. The van der Waals surface area contributed by atoms with Gasteiger partial charge < -0.3 is 9.84 Å². The molecule has 0 unspecified atom stereocenters. The van der Waals surface area contributed by atoms with Crippen LogP contribution < -0.4 is 0 Å². The highest BCUT2D eigenvalue weighted by Crippen LogP contribution is 2.26. The second-order valence-electron chi connectivity index (χ2n) is 4.82. The van der Waals surface area contributed by atoms with Gasteiger partial charge in [0, 0.05) is 6.08 Å². The van der Waals surface area contributed by atoms with Gasteiger partial charge in [0.25, 0.3) is 0 Å². The lowest BCUT2D eigenvalue weighted by Gasteiger charge is -2.22. The third kappa shape index (κ3) is 8.03. The lowest BCUT2D eigenvalue weighted by Crippen LogP contribution is -2.20. The molecule has 4 heteroatoms. The first-order valence-corrected chi connectivity index (χ1v) is 5.32. The molecule has 0 spiro atoms. The molecule has 0 amide bonds. The minimum absolute atomic E-state index is 0.113. The van der Waals surface area contributed by atoms with Crippen molar-refractivity contribution in [2.75, 3.05) is 0 Å². The molecule has 1 N–H and O–H groups in total. The normalized spacial score (nSPS) is 12.1. The van der Waals surface area contributed by atoms with Crippen LogP contribution in [-0.4, -0.2) is 23.1 Å². The summed E-state index contributed by atoms with van der Waals surface area (Å²) in [4.78, 5) is 21.7. The molecule has 0 saturated carbocycles. The van der Waals surface area contributed by atoms with Gasteiger partial charge in [-0.05, 0) is 25.7 Å². The van der Waals surface area contributed by atoms with E-state index in [9.17, 15) is 9.59 Å². The number of esters is 1. The summed E-state index contributed by atoms with van der Waals surface area (Å²) in [7, 11) is 0. The molecule has 0 saturated heterocycles. The summed E-state index contributed by atoms with van der Waals surface area (Å²) in [5.74, 6) is -1.22. The van der Waals surface area contributed by atoms with Crippen molar-refractivity contribution in [2.45, 2.75) is 46.6 Å². The second kappa shape index (κ2) is 6.30. The van der Waals surface area contributed by atoms with Crippen molar-refractivity contribution in [3.8, 4) is 0 Å². The predicted molar refractivity (Wildman–Crippen MR) is 61.0 cm³/mol. The van der Waals surface area contributed by atoms with Gasteiger partial charge in [0.15, 0.2) is 0 Å². The highest BCUT2D eigenvalue weighted by atomic mass is 16.5. The zero-order chi connectivity index (χ0) is 12.8. The first-order chi connectivity index (χ1) is 7.23. The molecule has 0 aromatic carbocycles. The number of carbonyl (C=O) groups is 2. The molecule has 0 heterocycles. The predicted octanol–water partition coefficient (Wildman–Crippen LogP) is 2.39. The van der Waals surface area contributed by atoms with Crippen molar-refractivity contribution in [3.05, 3.63) is 12.2 Å². The van der Waals surface area contributed by atoms with Crippen LogP contribution in [0.5, 0.6) is 0 Å². The smallest absolute Gasteiger partial charge is 0.327 e. The van der Waals surface area contributed by atoms with Crippen LogP contribution in [0.15, 0.2) is 12.2 Å². The lowest BCUT2D eigenvalue weighted by molar-refractivity contribution is -0.149. The third-order valence-electron chi connectivity index (χ3n) is 1.92. The van der Waals surface area contributed by atoms with Crippen molar-refractivity contribution >= 4 is 11.9 Å². The van der Waals surface area contributed by atoms with Gasteiger partial charge in [-0.1, -0.05) is 19.9 Å². The van der Waals surface area contributed by atoms with E-state index in [0.717, 1.165) is 6.08 Å². The quantitative estimate of drug-likeness (QED) is 0.560. The van der Waals surface area contributed by atoms with Gasteiger partial charge in [-0.15, -0.1) is 0 Å². The van der Waals surface area contributed by atoms with Crippen LogP contribution in [0.1, 0.15) is 40.5 Å². The molecular weight excluding hydrogens is 208 g/mol. The summed E-state index contributed by atoms with van der Waals surface area (Å²) >= 11 is 0. The fourth-order valence-electron chi connectivity index (χ4n) is 1.25. The summed E-state index contributed by atoms with van der Waals surface area (Å²) in [5.41, 5.74) is -0.280. The Bertz CT molecular complexity index is 277. The van der Waals surface area contributed by atoms with Crippen molar-refractivity contribution < 1.29 is 19.4 Å². The van der Waals surface area contributed by atoms with Crippen molar-refractivity contribution in [1.29, 1.82) is 0 Å². The largest absolute Gasteiger partial charge is 0.478 e. The first kappa shape index (κ1) is 14.7. The number of rotatable bonds is 6. The van der Waals surface area contributed by atoms with Crippen LogP contribution in [0.3, 0.4) is 0 Å². The Morgan fingerprint density at radius 2 is 1.94 bits per heavy atom. The molecule has 0 radical (unpaired) electrons. The van der Waals surface area contributed by atoms with E-state index in [-0.39, 0.29) is 23.9 Å². The van der Waals surface area contributed by atoms with E-state index in [0.29, 0.717) is 6.42 Å². The summed E-state index contributed by atoms with van der Waals surface area (Å²) in [6.07, 6.45) is 3.36. The summed E-state index contributed by atoms with van der Waals surface area (Å²) in [6.45, 7) is 7.41. The monoisotopic (exact) mass is 228 g/mol. The van der Waals surface area contributed by atoms with E-state index in [1.54, 1.807) is 19.9 Å². The maximum absolute atomic E-state index is 11.4. The van der Waals surface area contributed by atoms with E-state index in [1.807, 2.05) is 13.8 Å². The minimum Gasteiger partial charge on any atom is -0.478 e. The second-order valence-corrected chi connectivity index (χ2v) is 4.82. The van der Waals surface area contributed by atoms with Crippen LogP contribution in [0, 0.1) is 5.41 Å². The Balaban J connectivity index is 4.13. The topological polar surface area (TPSA) is 63.6 Å². The number of ether oxygens (including phenoxy) is 1. The van der Waals surface area contributed by atoms with Crippen molar-refractivity contribution in [2.24, 2.45) is 5.41 Å². The zero-order valence-electron chi connectivity index (χ0n) is 10.3. The van der Waals surface area contributed by atoms with Crippen LogP contribution in [0.2, 0.25) is 0 Å². The number of carboxylic acid groups (broad SMARTS) is 1. The highest BCUT2D eigenvalue weighted by Gasteiger charge is 2.22. The number of hydrogen-bond donors (Lipinski definition) is 1. The van der Waals surface area contributed by atoms with Gasteiger partial charge >= 0.3 is 11.9 Å². The Kier molecular flexibility index (Phi) is 5.78. The average Bonchev–Trinajstić information content (AvgIpc) is 1.98. The molecule has 0 bridgehead atoms.